The van der Waals surface area contributed by atoms with Crippen molar-refractivity contribution >= 4 is 23.6 Å². The van der Waals surface area contributed by atoms with E-state index in [9.17, 15) is 0 Å². The Morgan fingerprint density at radius 2 is 1.05 bits per heavy atom. The van der Waals surface area contributed by atoms with Crippen LogP contribution in [0.2, 0.25) is 5.04 Å². The number of allylic oxidation sites excluding steroid dienone is 4. The molecule has 0 radical (unpaired) electrons. The number of hydrogen-bond acceptors (Lipinski definition) is 0. The minimum absolute atomic E-state index is 0. The molecule has 0 bridgehead atoms. The minimum Gasteiger partial charge on any atom is -1.00 e. The summed E-state index contributed by atoms with van der Waals surface area (Å²) in [6.07, 6.45) is 4.07. The van der Waals surface area contributed by atoms with Gasteiger partial charge in [-0.2, -0.15) is 11.1 Å². The second-order valence-electron chi connectivity index (χ2n) is 10.8. The van der Waals surface area contributed by atoms with E-state index in [4.69, 9.17) is 0 Å². The van der Waals surface area contributed by atoms with Gasteiger partial charge in [0, 0.05) is 0 Å². The molecule has 38 heavy (non-hydrogen) atoms. The topological polar surface area (TPSA) is 0 Å². The molecule has 0 saturated heterocycles. The van der Waals surface area contributed by atoms with Gasteiger partial charge >= 0.3 is 21.7 Å². The van der Waals surface area contributed by atoms with Crippen LogP contribution in [0, 0.1) is 6.08 Å². The van der Waals surface area contributed by atoms with Gasteiger partial charge in [-0.15, -0.1) is 6.92 Å². The second-order valence-corrected chi connectivity index (χ2v) is 15.0. The molecule has 0 nitrogen and oxygen atoms in total. The molecule has 3 aromatic rings. The third kappa shape index (κ3) is 6.14. The molecule has 0 aliphatic heterocycles. The minimum atomic E-state index is -2.61. The Bertz CT molecular complexity index is 1210. The normalized spacial score (nSPS) is 16.7. The van der Waals surface area contributed by atoms with E-state index in [1.807, 2.05) is 0 Å². The molecule has 200 valence electrons. The fourth-order valence-corrected chi connectivity index (χ4v) is 11.9. The zero-order valence-corrected chi connectivity index (χ0v) is 28.6. The summed E-state index contributed by atoms with van der Waals surface area (Å²) >= 11 is 0. The zero-order chi connectivity index (χ0) is 24.7. The molecule has 0 fully saturated rings. The first-order valence-corrected chi connectivity index (χ1v) is 14.7. The molecule has 0 aromatic heterocycles. The van der Waals surface area contributed by atoms with E-state index in [1.165, 1.54) is 43.4 Å². The first kappa shape index (κ1) is 36.9. The van der Waals surface area contributed by atoms with Gasteiger partial charge in [0.1, 0.15) is 8.07 Å². The number of benzene rings is 3. The second kappa shape index (κ2) is 14.5. The maximum atomic E-state index is 4.07. The predicted octanol–water partition coefficient (Wildman–Crippen LogP) is -1.73. The van der Waals surface area contributed by atoms with Crippen molar-refractivity contribution in [3.05, 3.63) is 113 Å². The van der Waals surface area contributed by atoms with E-state index in [2.05, 4.69) is 140 Å². The van der Waals surface area contributed by atoms with E-state index >= 15 is 0 Å². The van der Waals surface area contributed by atoms with E-state index in [1.54, 1.807) is 0 Å². The van der Waals surface area contributed by atoms with Crippen LogP contribution in [0.1, 0.15) is 78.4 Å². The molecule has 0 N–H and O–H groups in total. The van der Waals surface area contributed by atoms with Gasteiger partial charge in [-0.05, 0) is 38.5 Å². The monoisotopic (exact) mass is 616 g/mol. The molecule has 0 amide bonds. The Morgan fingerprint density at radius 1 is 0.632 bits per heavy atom. The van der Waals surface area contributed by atoms with Crippen molar-refractivity contribution in [2.45, 2.75) is 72.3 Å². The van der Waals surface area contributed by atoms with Crippen LogP contribution in [0.3, 0.4) is 0 Å². The van der Waals surface area contributed by atoms with E-state index in [0.29, 0.717) is 11.8 Å². The fraction of sp³-hybridized carbons (Fsp3) is 0.333. The largest absolute Gasteiger partial charge is 4.00 e. The van der Waals surface area contributed by atoms with Crippen molar-refractivity contribution in [1.82, 2.24) is 0 Å². The number of rotatable bonds is 6. The predicted molar refractivity (Wildman–Crippen MR) is 151 cm³/mol. The number of hydrogen-bond donors (Lipinski definition) is 0. The third-order valence-electron chi connectivity index (χ3n) is 8.24. The smallest absolute Gasteiger partial charge is 1.00 e. The van der Waals surface area contributed by atoms with Crippen LogP contribution in [0.25, 0.3) is 0 Å². The molecule has 1 aliphatic carbocycles. The molecule has 1 aliphatic rings. The average Bonchev–Trinajstić information content (AvgIpc) is 3.03. The Balaban J connectivity index is 0.00000342. The summed E-state index contributed by atoms with van der Waals surface area (Å²) in [6, 6.07) is 30.3. The molecule has 3 aromatic carbocycles. The Kier molecular flexibility index (Phi) is 14.1. The quantitative estimate of drug-likeness (QED) is 0.175. The summed E-state index contributed by atoms with van der Waals surface area (Å²) < 4.78 is 0. The van der Waals surface area contributed by atoms with Crippen molar-refractivity contribution in [2.75, 3.05) is 0 Å². The Labute approximate surface area is 265 Å². The van der Waals surface area contributed by atoms with Crippen molar-refractivity contribution in [2.24, 2.45) is 0 Å². The van der Waals surface area contributed by atoms with Gasteiger partial charge in [0.2, 0.25) is 0 Å². The van der Waals surface area contributed by atoms with Crippen LogP contribution in [0.15, 0.2) is 95.6 Å². The molecule has 4 rings (SSSR count). The zero-order valence-electron chi connectivity index (χ0n) is 23.8. The Morgan fingerprint density at radius 3 is 1.42 bits per heavy atom. The molecule has 1 unspecified atom stereocenters. The Hall–Kier alpha value is -1.06. The van der Waals surface area contributed by atoms with Gasteiger partial charge in [0.15, 0.2) is 0 Å². The molecule has 5 heteroatoms. The summed E-state index contributed by atoms with van der Waals surface area (Å²) in [4.78, 5) is 0. The van der Waals surface area contributed by atoms with Crippen molar-refractivity contribution in [3.8, 4) is 0 Å². The van der Waals surface area contributed by atoms with Gasteiger partial charge in [-0.1, -0.05) is 132 Å². The first-order chi connectivity index (χ1) is 16.1. The van der Waals surface area contributed by atoms with Crippen molar-refractivity contribution < 1.29 is 58.9 Å². The molecule has 1 atom stereocenters. The maximum Gasteiger partial charge on any atom is 4.00 e. The SMILES string of the molecule is CC1=[C-]C(C)([Si](c2ccccc2)(c2cccc(C(C)C)c2)c2cccc(C(C)C)c2)C(C)=C1C.[Cl-].[Cl-].[Cl-].[Ti+4]. The molecule has 0 heterocycles. The molecule has 0 saturated carbocycles. The molecular formula is C33H39Cl3SiTi. The van der Waals surface area contributed by atoms with Crippen molar-refractivity contribution in [1.29, 1.82) is 0 Å². The third-order valence-corrected chi connectivity index (χ3v) is 13.8. The summed E-state index contributed by atoms with van der Waals surface area (Å²) in [7, 11) is -2.61. The van der Waals surface area contributed by atoms with Gasteiger partial charge < -0.3 is 37.2 Å². The summed E-state index contributed by atoms with van der Waals surface area (Å²) in [5, 5.41) is 4.22. The van der Waals surface area contributed by atoms with E-state index in [-0.39, 0.29) is 64.0 Å². The molecular weight excluding hydrogens is 579 g/mol. The summed E-state index contributed by atoms with van der Waals surface area (Å²) in [5.74, 6) is 0.973. The summed E-state index contributed by atoms with van der Waals surface area (Å²) in [6.45, 7) is 18.5. The van der Waals surface area contributed by atoms with Gasteiger partial charge in [0.25, 0.3) is 0 Å². The standard InChI is InChI=1S/C33H39Si.3ClH.Ti/c1-23(2)28-14-12-18-31(20-28)34(30-16-10-9-11-17-30,32-19-13-15-29(21-32)24(3)4)33(8)22-25(5)26(6)27(33)7;;;;/h9-21,23-24H,1-8H3;3*1H;/q-1;;;;+4/p-3. The van der Waals surface area contributed by atoms with Crippen LogP contribution in [-0.2, 0) is 21.7 Å². The van der Waals surface area contributed by atoms with Gasteiger partial charge in [0.05, 0.1) is 0 Å². The van der Waals surface area contributed by atoms with Crippen molar-refractivity contribution in [3.63, 3.8) is 0 Å². The van der Waals surface area contributed by atoms with Crippen LogP contribution < -0.4 is 52.8 Å². The van der Waals surface area contributed by atoms with Crippen LogP contribution in [0.4, 0.5) is 0 Å². The van der Waals surface area contributed by atoms with E-state index < -0.39 is 8.07 Å². The first-order valence-electron chi connectivity index (χ1n) is 12.7. The van der Waals surface area contributed by atoms with Crippen LogP contribution in [0.5, 0.6) is 0 Å². The fourth-order valence-electron chi connectivity index (χ4n) is 5.91. The van der Waals surface area contributed by atoms with Crippen LogP contribution >= 0.6 is 0 Å². The average molecular weight is 618 g/mol. The number of halogens is 3. The molecule has 0 spiro atoms. The van der Waals surface area contributed by atoms with E-state index in [0.717, 1.165) is 0 Å². The van der Waals surface area contributed by atoms with Gasteiger partial charge in [-0.25, -0.2) is 5.57 Å². The van der Waals surface area contributed by atoms with Crippen LogP contribution in [-0.4, -0.2) is 8.07 Å². The maximum absolute atomic E-state index is 4.07. The van der Waals surface area contributed by atoms with Gasteiger partial charge in [-0.3, -0.25) is 6.08 Å². The summed E-state index contributed by atoms with van der Waals surface area (Å²) in [5.41, 5.74) is 6.98.